The normalized spacial score (nSPS) is 21.1. The van der Waals surface area contributed by atoms with Crippen LogP contribution in [-0.2, 0) is 4.79 Å². The van der Waals surface area contributed by atoms with Crippen molar-refractivity contribution >= 4 is 17.7 Å². The highest BCUT2D eigenvalue weighted by molar-refractivity contribution is 8.06. The summed E-state index contributed by atoms with van der Waals surface area (Å²) in [5.74, 6) is 0.204. The number of allylic oxidation sites excluding steroid dienone is 10. The van der Waals surface area contributed by atoms with E-state index in [0.29, 0.717) is 6.04 Å². The zero-order valence-electron chi connectivity index (χ0n) is 20.3. The fourth-order valence-electron chi connectivity index (χ4n) is 3.70. The molecule has 0 aromatic heterocycles. The molecule has 0 unspecified atom stereocenters. The molecule has 0 heterocycles. The molecule has 1 amide bonds. The highest BCUT2D eigenvalue weighted by Gasteiger charge is 2.27. The van der Waals surface area contributed by atoms with Crippen molar-refractivity contribution in [2.45, 2.75) is 59.4 Å². The average Bonchev–Trinajstić information content (AvgIpc) is 2.74. The summed E-state index contributed by atoms with van der Waals surface area (Å²) >= 11 is 1.65. The van der Waals surface area contributed by atoms with Crippen LogP contribution in [-0.4, -0.2) is 30.9 Å². The molecule has 0 aromatic carbocycles. The summed E-state index contributed by atoms with van der Waals surface area (Å²) in [4.78, 5) is 17.2. The predicted octanol–water partition coefficient (Wildman–Crippen LogP) is 6.91. The Bertz CT molecular complexity index is 803. The third-order valence-corrected chi connectivity index (χ3v) is 6.60. The Morgan fingerprint density at radius 3 is 2.06 bits per heavy atom. The summed E-state index contributed by atoms with van der Waals surface area (Å²) in [5.41, 5.74) is 3.65. The number of nitrogens with one attached hydrogen (secondary N) is 1. The van der Waals surface area contributed by atoms with E-state index in [1.54, 1.807) is 17.8 Å². The smallest absolute Gasteiger partial charge is 0.227 e. The van der Waals surface area contributed by atoms with Gasteiger partial charge in [0, 0.05) is 22.6 Å². The summed E-state index contributed by atoms with van der Waals surface area (Å²) in [5, 5.41) is 3.11. The van der Waals surface area contributed by atoms with Gasteiger partial charge in [0.25, 0.3) is 0 Å². The minimum Gasteiger partial charge on any atom is -0.330 e. The topological polar surface area (TPSA) is 32.3 Å². The second-order valence-electron chi connectivity index (χ2n) is 8.32. The van der Waals surface area contributed by atoms with Crippen LogP contribution >= 0.6 is 11.8 Å². The van der Waals surface area contributed by atoms with Gasteiger partial charge in [-0.3, -0.25) is 4.79 Å². The lowest BCUT2D eigenvalue weighted by Crippen LogP contribution is -2.37. The summed E-state index contributed by atoms with van der Waals surface area (Å²) in [6, 6.07) is 0.586. The van der Waals surface area contributed by atoms with Gasteiger partial charge in [0.2, 0.25) is 5.91 Å². The molecule has 0 spiro atoms. The molecule has 1 saturated carbocycles. The number of thioether (sulfide) groups is 1. The molecule has 1 aliphatic rings. The van der Waals surface area contributed by atoms with Crippen molar-refractivity contribution in [2.24, 2.45) is 5.92 Å². The van der Waals surface area contributed by atoms with E-state index < -0.39 is 0 Å². The summed E-state index contributed by atoms with van der Waals surface area (Å²) in [7, 11) is 4.23. The van der Waals surface area contributed by atoms with Crippen LogP contribution in [0.5, 0.6) is 0 Å². The minimum atomic E-state index is 0.0854. The number of carbonyl (C=O) groups excluding carboxylic acids is 1. The molecule has 31 heavy (non-hydrogen) atoms. The molecule has 0 aromatic rings. The van der Waals surface area contributed by atoms with Gasteiger partial charge >= 0.3 is 0 Å². The van der Waals surface area contributed by atoms with Gasteiger partial charge in [-0.15, -0.1) is 0 Å². The minimum absolute atomic E-state index is 0.0854. The van der Waals surface area contributed by atoms with Crippen LogP contribution in [0.3, 0.4) is 0 Å². The van der Waals surface area contributed by atoms with Crippen LogP contribution in [0, 0.1) is 5.92 Å². The summed E-state index contributed by atoms with van der Waals surface area (Å²) in [6.07, 6.45) is 14.0. The van der Waals surface area contributed by atoms with Gasteiger partial charge in [0.15, 0.2) is 0 Å². The second kappa shape index (κ2) is 13.4. The molecular weight excluding hydrogens is 400 g/mol. The maximum Gasteiger partial charge on any atom is 0.227 e. The molecule has 0 radical (unpaired) electrons. The standard InChI is InChI=1S/C27H40N2OS/c1-10-20(6)24(18-22(11-2)26(12-3)31-19(4)5)17-21(7)28-27(30)23-13-15-25(16-14-23)29(8)9/h10-12,17-18,23,25H,1,4,6,13-16H2,2-3,5,7-9H3,(H,28,30)/b21-17+,22-11+,24-18-,26-12-. The van der Waals surface area contributed by atoms with Gasteiger partial charge in [-0.05, 0) is 101 Å². The molecule has 1 aliphatic carbocycles. The van der Waals surface area contributed by atoms with Gasteiger partial charge in [-0.1, -0.05) is 49.7 Å². The number of hydrogen-bond acceptors (Lipinski definition) is 3. The second-order valence-corrected chi connectivity index (χ2v) is 9.66. The van der Waals surface area contributed by atoms with Crippen LogP contribution in [0.25, 0.3) is 0 Å². The monoisotopic (exact) mass is 440 g/mol. The molecule has 0 saturated heterocycles. The Kier molecular flexibility index (Phi) is 11.7. The van der Waals surface area contributed by atoms with Crippen LogP contribution in [0.15, 0.2) is 82.3 Å². The third kappa shape index (κ3) is 8.92. The van der Waals surface area contributed by atoms with Crippen LogP contribution in [0.4, 0.5) is 0 Å². The van der Waals surface area contributed by atoms with Crippen LogP contribution in [0.2, 0.25) is 0 Å². The first-order chi connectivity index (χ1) is 14.6. The van der Waals surface area contributed by atoms with Crippen molar-refractivity contribution < 1.29 is 4.79 Å². The molecule has 0 bridgehead atoms. The van der Waals surface area contributed by atoms with Crippen molar-refractivity contribution in [1.82, 2.24) is 10.2 Å². The number of amides is 1. The van der Waals surface area contributed by atoms with Gasteiger partial charge in [-0.2, -0.15) is 0 Å². The maximum absolute atomic E-state index is 12.8. The third-order valence-electron chi connectivity index (χ3n) is 5.56. The molecule has 0 atom stereocenters. The fraction of sp³-hybridized carbons (Fsp3) is 0.444. The first kappa shape index (κ1) is 27.0. The number of hydrogen-bond donors (Lipinski definition) is 1. The molecular formula is C27H40N2OS. The maximum atomic E-state index is 12.8. The van der Waals surface area contributed by atoms with Crippen molar-refractivity contribution in [1.29, 1.82) is 0 Å². The summed E-state index contributed by atoms with van der Waals surface area (Å²) in [6.45, 7) is 20.0. The fourth-order valence-corrected chi connectivity index (χ4v) is 4.49. The molecule has 1 rings (SSSR count). The van der Waals surface area contributed by atoms with E-state index in [1.807, 2.05) is 33.8 Å². The highest BCUT2D eigenvalue weighted by atomic mass is 32.2. The number of rotatable bonds is 10. The number of nitrogens with zero attached hydrogens (tertiary/aromatic N) is 1. The Hall–Kier alpha value is -2.04. The van der Waals surface area contributed by atoms with E-state index >= 15 is 0 Å². The first-order valence-corrected chi connectivity index (χ1v) is 11.8. The lowest BCUT2D eigenvalue weighted by Gasteiger charge is -2.32. The molecule has 3 nitrogen and oxygen atoms in total. The van der Waals surface area contributed by atoms with E-state index in [1.165, 1.54) is 0 Å². The van der Waals surface area contributed by atoms with E-state index in [4.69, 9.17) is 0 Å². The van der Waals surface area contributed by atoms with E-state index in [2.05, 4.69) is 62.3 Å². The zero-order valence-corrected chi connectivity index (χ0v) is 21.1. The Morgan fingerprint density at radius 2 is 1.61 bits per heavy atom. The lowest BCUT2D eigenvalue weighted by molar-refractivity contribution is -0.125. The Balaban J connectivity index is 3.00. The molecule has 4 heteroatoms. The quantitative estimate of drug-likeness (QED) is 0.374. The van der Waals surface area contributed by atoms with Crippen molar-refractivity contribution in [3.63, 3.8) is 0 Å². The average molecular weight is 441 g/mol. The molecule has 1 fully saturated rings. The van der Waals surface area contributed by atoms with E-state index in [9.17, 15) is 4.79 Å². The van der Waals surface area contributed by atoms with Gasteiger partial charge in [0.1, 0.15) is 0 Å². The molecule has 1 N–H and O–H groups in total. The van der Waals surface area contributed by atoms with Crippen molar-refractivity contribution in [2.75, 3.05) is 14.1 Å². The van der Waals surface area contributed by atoms with Crippen molar-refractivity contribution in [3.05, 3.63) is 82.3 Å². The molecule has 170 valence electrons. The largest absolute Gasteiger partial charge is 0.330 e. The Labute approximate surface area is 194 Å². The van der Waals surface area contributed by atoms with Gasteiger partial charge in [-0.25, -0.2) is 0 Å². The van der Waals surface area contributed by atoms with E-state index in [0.717, 1.165) is 57.9 Å². The van der Waals surface area contributed by atoms with Crippen molar-refractivity contribution in [3.8, 4) is 0 Å². The van der Waals surface area contributed by atoms with Crippen LogP contribution in [0.1, 0.15) is 53.4 Å². The number of carbonyl (C=O) groups is 1. The Morgan fingerprint density at radius 1 is 1.00 bits per heavy atom. The zero-order chi connectivity index (χ0) is 23.6. The predicted molar refractivity (Wildman–Crippen MR) is 139 cm³/mol. The first-order valence-electron chi connectivity index (χ1n) is 11.0. The van der Waals surface area contributed by atoms with Crippen LogP contribution < -0.4 is 5.32 Å². The van der Waals surface area contributed by atoms with Gasteiger partial charge < -0.3 is 10.2 Å². The van der Waals surface area contributed by atoms with E-state index in [-0.39, 0.29) is 11.8 Å². The highest BCUT2D eigenvalue weighted by Crippen LogP contribution is 2.32. The lowest BCUT2D eigenvalue weighted by atomic mass is 9.85. The molecule has 0 aliphatic heterocycles. The summed E-state index contributed by atoms with van der Waals surface area (Å²) < 4.78 is 0. The van der Waals surface area contributed by atoms with Gasteiger partial charge in [0.05, 0.1) is 0 Å². The SMILES string of the molecule is C=CC(=C)C(=C\C(=C/C)C(=C\C)\SC(=C)C)/C=C(\C)NC(=O)C1CCC(N(C)C)CC1.